The summed E-state index contributed by atoms with van der Waals surface area (Å²) < 4.78 is 18.8. The molecule has 4 nitrogen and oxygen atoms in total. The normalized spacial score (nSPS) is 14.4. The van der Waals surface area contributed by atoms with E-state index in [0.717, 1.165) is 37.4 Å². The maximum atomic E-state index is 13.4. The Kier molecular flexibility index (Phi) is 5.34. The van der Waals surface area contributed by atoms with E-state index in [-0.39, 0.29) is 5.91 Å². The number of amides is 1. The molecule has 2 aromatic carbocycles. The Morgan fingerprint density at radius 1 is 1.16 bits per heavy atom. The van der Waals surface area contributed by atoms with Crippen LogP contribution in [0.15, 0.2) is 42.5 Å². The van der Waals surface area contributed by atoms with Gasteiger partial charge in [0.15, 0.2) is 0 Å². The van der Waals surface area contributed by atoms with Crippen LogP contribution < -0.4 is 4.90 Å². The molecule has 1 aliphatic heterocycles. The number of carbonyl (C=O) groups is 1. The lowest BCUT2D eigenvalue weighted by Gasteiger charge is -2.29. The van der Waals surface area contributed by atoms with Crippen LogP contribution in [0.2, 0.25) is 0 Å². The molecule has 0 atom stereocenters. The van der Waals surface area contributed by atoms with Crippen molar-refractivity contribution in [2.75, 3.05) is 38.3 Å². The third kappa shape index (κ3) is 4.17. The SMILES string of the molecule is Cc1ccc(F)cc1C(=O)N(C)Cc1ccc(N2CCOCC2)cc1. The fraction of sp³-hybridized carbons (Fsp3) is 0.350. The molecule has 0 radical (unpaired) electrons. The quantitative estimate of drug-likeness (QED) is 0.855. The Labute approximate surface area is 147 Å². The molecule has 0 spiro atoms. The largest absolute Gasteiger partial charge is 0.378 e. The van der Waals surface area contributed by atoms with Crippen LogP contribution in [0, 0.1) is 12.7 Å². The number of aryl methyl sites for hydroxylation is 1. The van der Waals surface area contributed by atoms with E-state index in [1.807, 2.05) is 19.1 Å². The van der Waals surface area contributed by atoms with E-state index in [4.69, 9.17) is 4.74 Å². The molecule has 1 aliphatic rings. The summed E-state index contributed by atoms with van der Waals surface area (Å²) in [5.74, 6) is -0.563. The molecule has 5 heteroatoms. The minimum atomic E-state index is -0.391. The van der Waals surface area contributed by atoms with Gasteiger partial charge in [0.1, 0.15) is 5.82 Å². The van der Waals surface area contributed by atoms with Crippen molar-refractivity contribution in [3.05, 3.63) is 65.0 Å². The number of ether oxygens (including phenoxy) is 1. The summed E-state index contributed by atoms with van der Waals surface area (Å²) in [6.45, 7) is 5.61. The van der Waals surface area contributed by atoms with Gasteiger partial charge in [0.25, 0.3) is 5.91 Å². The highest BCUT2D eigenvalue weighted by atomic mass is 19.1. The Morgan fingerprint density at radius 2 is 1.84 bits per heavy atom. The Morgan fingerprint density at radius 3 is 2.52 bits per heavy atom. The lowest BCUT2D eigenvalue weighted by Crippen LogP contribution is -2.36. The Balaban J connectivity index is 1.67. The molecule has 0 N–H and O–H groups in total. The first-order valence-electron chi connectivity index (χ1n) is 8.48. The molecular formula is C20H23FN2O2. The number of rotatable bonds is 4. The molecule has 1 fully saturated rings. The molecular weight excluding hydrogens is 319 g/mol. The summed E-state index contributed by atoms with van der Waals surface area (Å²) >= 11 is 0. The molecule has 0 bridgehead atoms. The number of carbonyl (C=O) groups excluding carboxylic acids is 1. The molecule has 0 unspecified atom stereocenters. The summed E-state index contributed by atoms with van der Waals surface area (Å²) in [6.07, 6.45) is 0. The first-order chi connectivity index (χ1) is 12.0. The zero-order chi connectivity index (χ0) is 17.8. The number of morpholine rings is 1. The van der Waals surface area contributed by atoms with E-state index in [1.165, 1.54) is 17.8 Å². The lowest BCUT2D eigenvalue weighted by atomic mass is 10.1. The minimum absolute atomic E-state index is 0.172. The molecule has 1 saturated heterocycles. The first-order valence-corrected chi connectivity index (χ1v) is 8.48. The van der Waals surface area contributed by atoms with Gasteiger partial charge < -0.3 is 14.5 Å². The van der Waals surface area contributed by atoms with Crippen molar-refractivity contribution in [3.63, 3.8) is 0 Å². The number of hydrogen-bond acceptors (Lipinski definition) is 3. The van der Waals surface area contributed by atoms with Crippen molar-refractivity contribution < 1.29 is 13.9 Å². The molecule has 25 heavy (non-hydrogen) atoms. The second-order valence-electron chi connectivity index (χ2n) is 6.39. The van der Waals surface area contributed by atoms with Crippen molar-refractivity contribution in [1.29, 1.82) is 0 Å². The third-order valence-electron chi connectivity index (χ3n) is 4.51. The van der Waals surface area contributed by atoms with E-state index >= 15 is 0 Å². The van der Waals surface area contributed by atoms with Gasteiger partial charge in [-0.3, -0.25) is 4.79 Å². The van der Waals surface area contributed by atoms with E-state index < -0.39 is 5.82 Å². The molecule has 1 heterocycles. The Bertz CT molecular complexity index is 740. The van der Waals surface area contributed by atoms with Gasteiger partial charge in [-0.2, -0.15) is 0 Å². The number of anilines is 1. The summed E-state index contributed by atoms with van der Waals surface area (Å²) in [5.41, 5.74) is 3.40. The first kappa shape index (κ1) is 17.4. The van der Waals surface area contributed by atoms with E-state index in [9.17, 15) is 9.18 Å². The maximum Gasteiger partial charge on any atom is 0.254 e. The summed E-state index contributed by atoms with van der Waals surface area (Å²) in [5, 5.41) is 0. The van der Waals surface area contributed by atoms with E-state index in [1.54, 1.807) is 18.0 Å². The highest BCUT2D eigenvalue weighted by Gasteiger charge is 2.16. The summed E-state index contributed by atoms with van der Waals surface area (Å²) in [6, 6.07) is 12.5. The summed E-state index contributed by atoms with van der Waals surface area (Å²) in [7, 11) is 1.74. The van der Waals surface area contributed by atoms with Gasteiger partial charge >= 0.3 is 0 Å². The average Bonchev–Trinajstić information content (AvgIpc) is 2.64. The number of halogens is 1. The molecule has 2 aromatic rings. The van der Waals surface area contributed by atoms with Crippen molar-refractivity contribution >= 4 is 11.6 Å². The minimum Gasteiger partial charge on any atom is -0.378 e. The van der Waals surface area contributed by atoms with Crippen LogP contribution in [0.1, 0.15) is 21.5 Å². The molecule has 0 aliphatic carbocycles. The van der Waals surface area contributed by atoms with Gasteiger partial charge in [0, 0.05) is 37.9 Å². The molecule has 0 saturated carbocycles. The van der Waals surface area contributed by atoms with Gasteiger partial charge in [-0.05, 0) is 42.3 Å². The second kappa shape index (κ2) is 7.66. The van der Waals surface area contributed by atoms with Crippen LogP contribution in [0.5, 0.6) is 0 Å². The fourth-order valence-electron chi connectivity index (χ4n) is 3.01. The zero-order valence-electron chi connectivity index (χ0n) is 14.7. The van der Waals surface area contributed by atoms with Gasteiger partial charge in [-0.25, -0.2) is 4.39 Å². The molecule has 0 aromatic heterocycles. The lowest BCUT2D eigenvalue weighted by molar-refractivity contribution is 0.0784. The van der Waals surface area contributed by atoms with Gasteiger partial charge in [-0.1, -0.05) is 18.2 Å². The van der Waals surface area contributed by atoms with Gasteiger partial charge in [-0.15, -0.1) is 0 Å². The highest BCUT2D eigenvalue weighted by Crippen LogP contribution is 2.18. The third-order valence-corrected chi connectivity index (χ3v) is 4.51. The zero-order valence-corrected chi connectivity index (χ0v) is 14.7. The predicted octanol–water partition coefficient (Wildman–Crippen LogP) is 3.24. The fourth-order valence-corrected chi connectivity index (χ4v) is 3.01. The number of nitrogens with zero attached hydrogens (tertiary/aromatic N) is 2. The Hall–Kier alpha value is -2.40. The molecule has 3 rings (SSSR count). The van der Waals surface area contributed by atoms with Crippen LogP contribution in [0.25, 0.3) is 0 Å². The maximum absolute atomic E-state index is 13.4. The van der Waals surface area contributed by atoms with Crippen molar-refractivity contribution in [2.24, 2.45) is 0 Å². The standard InChI is InChI=1S/C20H23FN2O2/c1-15-3-6-17(21)13-19(15)20(24)22(2)14-16-4-7-18(8-5-16)23-9-11-25-12-10-23/h3-8,13H,9-12,14H2,1-2H3. The molecule has 1 amide bonds. The van der Waals surface area contributed by atoms with Gasteiger partial charge in [0.2, 0.25) is 0 Å². The van der Waals surface area contributed by atoms with Gasteiger partial charge in [0.05, 0.1) is 13.2 Å². The topological polar surface area (TPSA) is 32.8 Å². The summed E-state index contributed by atoms with van der Waals surface area (Å²) in [4.78, 5) is 16.5. The predicted molar refractivity (Wildman–Crippen MR) is 96.4 cm³/mol. The van der Waals surface area contributed by atoms with Crippen LogP contribution >= 0.6 is 0 Å². The van der Waals surface area contributed by atoms with Crippen molar-refractivity contribution in [2.45, 2.75) is 13.5 Å². The van der Waals surface area contributed by atoms with Crippen LogP contribution in [-0.2, 0) is 11.3 Å². The number of benzene rings is 2. The smallest absolute Gasteiger partial charge is 0.254 e. The second-order valence-corrected chi connectivity index (χ2v) is 6.39. The van der Waals surface area contributed by atoms with Crippen LogP contribution in [-0.4, -0.2) is 44.2 Å². The van der Waals surface area contributed by atoms with E-state index in [2.05, 4.69) is 17.0 Å². The van der Waals surface area contributed by atoms with E-state index in [0.29, 0.717) is 12.1 Å². The highest BCUT2D eigenvalue weighted by molar-refractivity contribution is 5.95. The average molecular weight is 342 g/mol. The monoisotopic (exact) mass is 342 g/mol. The van der Waals surface area contributed by atoms with Crippen LogP contribution in [0.4, 0.5) is 10.1 Å². The molecule has 132 valence electrons. The van der Waals surface area contributed by atoms with Crippen molar-refractivity contribution in [1.82, 2.24) is 4.90 Å². The van der Waals surface area contributed by atoms with Crippen molar-refractivity contribution in [3.8, 4) is 0 Å². The van der Waals surface area contributed by atoms with Crippen LogP contribution in [0.3, 0.4) is 0 Å². The number of hydrogen-bond donors (Lipinski definition) is 0.